The van der Waals surface area contributed by atoms with Gasteiger partial charge < -0.3 is 10.2 Å². The van der Waals surface area contributed by atoms with Crippen LogP contribution in [0.1, 0.15) is 32.3 Å². The Labute approximate surface area is 113 Å². The molecule has 1 aliphatic rings. The van der Waals surface area contributed by atoms with Crippen LogP contribution in [0.3, 0.4) is 0 Å². The Morgan fingerprint density at radius 3 is 2.78 bits per heavy atom. The van der Waals surface area contributed by atoms with Crippen LogP contribution in [0.2, 0.25) is 0 Å². The minimum absolute atomic E-state index is 0.0725. The molecule has 0 radical (unpaired) electrons. The van der Waals surface area contributed by atoms with Crippen LogP contribution >= 0.6 is 11.3 Å². The zero-order valence-electron chi connectivity index (χ0n) is 11.2. The van der Waals surface area contributed by atoms with Gasteiger partial charge in [-0.15, -0.1) is 0 Å². The smallest absolute Gasteiger partial charge is 0.239 e. The number of rotatable bonds is 5. The van der Waals surface area contributed by atoms with Crippen molar-refractivity contribution < 1.29 is 4.79 Å². The van der Waals surface area contributed by atoms with Crippen LogP contribution in [0, 0.1) is 0 Å². The average molecular weight is 266 g/mol. The first kappa shape index (κ1) is 13.6. The highest BCUT2D eigenvalue weighted by molar-refractivity contribution is 7.07. The molecule has 18 heavy (non-hydrogen) atoms. The van der Waals surface area contributed by atoms with Crippen molar-refractivity contribution in [2.24, 2.45) is 0 Å². The monoisotopic (exact) mass is 266 g/mol. The van der Waals surface area contributed by atoms with E-state index < -0.39 is 0 Å². The number of thiophene rings is 1. The van der Waals surface area contributed by atoms with Crippen LogP contribution in [-0.2, 0) is 11.2 Å². The molecule has 4 heteroatoms. The molecule has 1 saturated heterocycles. The van der Waals surface area contributed by atoms with E-state index in [0.29, 0.717) is 6.04 Å². The topological polar surface area (TPSA) is 32.3 Å². The molecule has 0 aromatic carbocycles. The lowest BCUT2D eigenvalue weighted by Gasteiger charge is -2.24. The van der Waals surface area contributed by atoms with E-state index in [-0.39, 0.29) is 11.9 Å². The number of carbonyl (C=O) groups excluding carboxylic acids is 1. The van der Waals surface area contributed by atoms with Gasteiger partial charge in [0.1, 0.15) is 0 Å². The molecule has 0 aliphatic carbocycles. The normalized spacial score (nSPS) is 18.9. The first-order chi connectivity index (χ1) is 8.66. The van der Waals surface area contributed by atoms with Crippen molar-refractivity contribution >= 4 is 17.2 Å². The third-order valence-electron chi connectivity index (χ3n) is 3.44. The van der Waals surface area contributed by atoms with E-state index in [1.54, 1.807) is 11.3 Å². The second kappa shape index (κ2) is 6.34. The van der Waals surface area contributed by atoms with Gasteiger partial charge in [-0.2, -0.15) is 11.3 Å². The van der Waals surface area contributed by atoms with Crippen molar-refractivity contribution in [1.29, 1.82) is 0 Å². The summed E-state index contributed by atoms with van der Waals surface area (Å²) in [5, 5.41) is 7.68. The van der Waals surface area contributed by atoms with Gasteiger partial charge in [0.05, 0.1) is 6.04 Å². The zero-order valence-corrected chi connectivity index (χ0v) is 12.0. The van der Waals surface area contributed by atoms with Gasteiger partial charge in [-0.1, -0.05) is 0 Å². The number of nitrogens with one attached hydrogen (secondary N) is 1. The minimum Gasteiger partial charge on any atom is -0.341 e. The van der Waals surface area contributed by atoms with E-state index in [4.69, 9.17) is 0 Å². The highest BCUT2D eigenvalue weighted by Crippen LogP contribution is 2.11. The predicted molar refractivity (Wildman–Crippen MR) is 75.9 cm³/mol. The third-order valence-corrected chi connectivity index (χ3v) is 4.18. The number of hydrogen-bond acceptors (Lipinski definition) is 3. The number of nitrogens with zero attached hydrogens (tertiary/aromatic N) is 1. The Kier molecular flexibility index (Phi) is 4.78. The fourth-order valence-electron chi connectivity index (χ4n) is 2.53. The SMILES string of the molecule is CC(Cc1ccsc1)NC(C)C(=O)N1CCCC1. The molecule has 3 nitrogen and oxygen atoms in total. The Hall–Kier alpha value is -0.870. The fourth-order valence-corrected chi connectivity index (χ4v) is 3.21. The summed E-state index contributed by atoms with van der Waals surface area (Å²) in [4.78, 5) is 14.1. The predicted octanol–water partition coefficient (Wildman–Crippen LogP) is 2.28. The molecule has 1 amide bonds. The Morgan fingerprint density at radius 2 is 2.17 bits per heavy atom. The van der Waals surface area contributed by atoms with Gasteiger partial charge in [0.2, 0.25) is 5.91 Å². The van der Waals surface area contributed by atoms with Crippen LogP contribution in [0.4, 0.5) is 0 Å². The van der Waals surface area contributed by atoms with Gasteiger partial charge >= 0.3 is 0 Å². The molecule has 1 aliphatic heterocycles. The molecule has 2 rings (SSSR count). The average Bonchev–Trinajstić information content (AvgIpc) is 2.99. The summed E-state index contributed by atoms with van der Waals surface area (Å²) in [6.45, 7) is 5.99. The van der Waals surface area contributed by atoms with Gasteiger partial charge in [-0.05, 0) is 55.5 Å². The van der Waals surface area contributed by atoms with E-state index in [1.165, 1.54) is 5.56 Å². The maximum absolute atomic E-state index is 12.1. The minimum atomic E-state index is -0.0725. The summed E-state index contributed by atoms with van der Waals surface area (Å²) in [5.41, 5.74) is 1.35. The van der Waals surface area contributed by atoms with Crippen LogP contribution in [-0.4, -0.2) is 36.0 Å². The molecule has 1 aromatic heterocycles. The maximum atomic E-state index is 12.1. The first-order valence-corrected chi connectivity index (χ1v) is 7.67. The molecule has 1 fully saturated rings. The van der Waals surface area contributed by atoms with Crippen molar-refractivity contribution in [2.45, 2.75) is 45.2 Å². The summed E-state index contributed by atoms with van der Waals surface area (Å²) in [6.07, 6.45) is 3.30. The molecule has 0 bridgehead atoms. The Bertz CT molecular complexity index is 371. The van der Waals surface area contributed by atoms with Gasteiger partial charge in [0.15, 0.2) is 0 Å². The van der Waals surface area contributed by atoms with Crippen molar-refractivity contribution in [3.8, 4) is 0 Å². The molecule has 2 atom stereocenters. The summed E-state index contributed by atoms with van der Waals surface area (Å²) in [6, 6.07) is 2.41. The molecule has 1 aromatic rings. The standard InChI is InChI=1S/C14H22N2OS/c1-11(9-13-5-8-18-10-13)15-12(2)14(17)16-6-3-4-7-16/h5,8,10-12,15H,3-4,6-7,9H2,1-2H3. The zero-order chi connectivity index (χ0) is 13.0. The maximum Gasteiger partial charge on any atom is 0.239 e. The Morgan fingerprint density at radius 1 is 1.44 bits per heavy atom. The van der Waals surface area contributed by atoms with E-state index in [9.17, 15) is 4.79 Å². The molecule has 0 spiro atoms. The number of likely N-dealkylation sites (tertiary alicyclic amines) is 1. The van der Waals surface area contributed by atoms with E-state index >= 15 is 0 Å². The molecular formula is C14H22N2OS. The quantitative estimate of drug-likeness (QED) is 0.887. The first-order valence-electron chi connectivity index (χ1n) is 6.72. The van der Waals surface area contributed by atoms with Gasteiger partial charge in [-0.25, -0.2) is 0 Å². The number of amides is 1. The number of carbonyl (C=O) groups is 1. The van der Waals surface area contributed by atoms with E-state index in [2.05, 4.69) is 29.1 Å². The summed E-state index contributed by atoms with van der Waals surface area (Å²) >= 11 is 1.72. The largest absolute Gasteiger partial charge is 0.341 e. The van der Waals surface area contributed by atoms with Crippen LogP contribution in [0.5, 0.6) is 0 Å². The molecule has 2 unspecified atom stereocenters. The van der Waals surface area contributed by atoms with Crippen LogP contribution in [0.25, 0.3) is 0 Å². The van der Waals surface area contributed by atoms with Gasteiger partial charge in [0.25, 0.3) is 0 Å². The van der Waals surface area contributed by atoms with E-state index in [1.807, 2.05) is 11.8 Å². The Balaban J connectivity index is 1.79. The van der Waals surface area contributed by atoms with Crippen molar-refractivity contribution in [3.63, 3.8) is 0 Å². The van der Waals surface area contributed by atoms with Gasteiger partial charge in [-0.3, -0.25) is 4.79 Å². The second-order valence-corrected chi connectivity index (χ2v) is 5.94. The fraction of sp³-hybridized carbons (Fsp3) is 0.643. The highest BCUT2D eigenvalue weighted by Gasteiger charge is 2.23. The van der Waals surface area contributed by atoms with Crippen molar-refractivity contribution in [3.05, 3.63) is 22.4 Å². The lowest BCUT2D eigenvalue weighted by molar-refractivity contribution is -0.132. The summed E-state index contributed by atoms with van der Waals surface area (Å²) in [7, 11) is 0. The highest BCUT2D eigenvalue weighted by atomic mass is 32.1. The van der Waals surface area contributed by atoms with E-state index in [0.717, 1.165) is 32.4 Å². The lowest BCUT2D eigenvalue weighted by atomic mass is 10.1. The summed E-state index contributed by atoms with van der Waals surface area (Å²) in [5.74, 6) is 0.254. The van der Waals surface area contributed by atoms with Crippen LogP contribution in [0.15, 0.2) is 16.8 Å². The van der Waals surface area contributed by atoms with Crippen molar-refractivity contribution in [2.75, 3.05) is 13.1 Å². The van der Waals surface area contributed by atoms with Crippen molar-refractivity contribution in [1.82, 2.24) is 10.2 Å². The molecule has 2 heterocycles. The van der Waals surface area contributed by atoms with Crippen LogP contribution < -0.4 is 5.32 Å². The molecule has 0 saturated carbocycles. The number of hydrogen-bond donors (Lipinski definition) is 1. The second-order valence-electron chi connectivity index (χ2n) is 5.16. The van der Waals surface area contributed by atoms with Gasteiger partial charge in [0, 0.05) is 19.1 Å². The lowest BCUT2D eigenvalue weighted by Crippen LogP contribution is -2.47. The molecular weight excluding hydrogens is 244 g/mol. The summed E-state index contributed by atoms with van der Waals surface area (Å²) < 4.78 is 0. The molecule has 1 N–H and O–H groups in total. The third kappa shape index (κ3) is 3.56. The molecule has 100 valence electrons.